The van der Waals surface area contributed by atoms with Crippen LogP contribution in [0.2, 0.25) is 0 Å². The van der Waals surface area contributed by atoms with E-state index in [1.54, 1.807) is 0 Å². The predicted molar refractivity (Wildman–Crippen MR) is 50.0 cm³/mol. The molecule has 0 heterocycles. The summed E-state index contributed by atoms with van der Waals surface area (Å²) in [5.41, 5.74) is 2.27. The first-order valence-corrected chi connectivity index (χ1v) is 4.64. The van der Waals surface area contributed by atoms with E-state index >= 15 is 0 Å². The van der Waals surface area contributed by atoms with Crippen LogP contribution in [0.5, 0.6) is 0 Å². The van der Waals surface area contributed by atoms with Crippen LogP contribution in [0.1, 0.15) is 19.8 Å². The van der Waals surface area contributed by atoms with Gasteiger partial charge in [-0.05, 0) is 29.9 Å². The second-order valence-electron chi connectivity index (χ2n) is 3.97. The lowest BCUT2D eigenvalue weighted by molar-refractivity contribution is -0.147. The van der Waals surface area contributed by atoms with Gasteiger partial charge >= 0.3 is 5.97 Å². The second kappa shape index (κ2) is 2.72. The van der Waals surface area contributed by atoms with Gasteiger partial charge in [0.25, 0.3) is 0 Å². The van der Waals surface area contributed by atoms with Gasteiger partial charge in [0.15, 0.2) is 0 Å². The van der Waals surface area contributed by atoms with Gasteiger partial charge in [0, 0.05) is 12.8 Å². The average Bonchev–Trinajstić information content (AvgIpc) is 2.53. The van der Waals surface area contributed by atoms with E-state index in [0.717, 1.165) is 18.4 Å². The maximum atomic E-state index is 10.8. The second-order valence-corrected chi connectivity index (χ2v) is 3.97. The zero-order valence-corrected chi connectivity index (χ0v) is 7.88. The van der Waals surface area contributed by atoms with Crippen molar-refractivity contribution in [1.29, 1.82) is 0 Å². The summed E-state index contributed by atoms with van der Waals surface area (Å²) in [6.45, 7) is 9.44. The largest absolute Gasteiger partial charge is 0.462 e. The van der Waals surface area contributed by atoms with Crippen molar-refractivity contribution in [2.75, 3.05) is 0 Å². The fourth-order valence-electron chi connectivity index (χ4n) is 2.49. The lowest BCUT2D eigenvalue weighted by atomic mass is 9.90. The van der Waals surface area contributed by atoms with Crippen molar-refractivity contribution in [3.8, 4) is 0 Å². The van der Waals surface area contributed by atoms with Crippen molar-refractivity contribution in [3.05, 3.63) is 24.3 Å². The van der Waals surface area contributed by atoms with Gasteiger partial charge in [-0.1, -0.05) is 13.2 Å². The average molecular weight is 178 g/mol. The van der Waals surface area contributed by atoms with Crippen LogP contribution >= 0.6 is 0 Å². The van der Waals surface area contributed by atoms with Crippen molar-refractivity contribution in [1.82, 2.24) is 0 Å². The van der Waals surface area contributed by atoms with Gasteiger partial charge in [-0.25, -0.2) is 0 Å². The van der Waals surface area contributed by atoms with E-state index in [9.17, 15) is 4.79 Å². The third kappa shape index (κ3) is 1.21. The van der Waals surface area contributed by atoms with E-state index in [1.165, 1.54) is 12.5 Å². The quantitative estimate of drug-likeness (QED) is 0.574. The minimum atomic E-state index is -0.184. The molecule has 0 saturated heterocycles. The molecule has 0 aromatic rings. The Bertz CT molecular complexity index is 290. The normalized spacial score (nSPS) is 36.8. The highest BCUT2D eigenvalue weighted by Gasteiger charge is 2.46. The number of allylic oxidation sites excluding steroid dienone is 1. The molecule has 2 fully saturated rings. The molecule has 0 radical (unpaired) electrons. The zero-order valence-electron chi connectivity index (χ0n) is 7.88. The molecule has 2 nitrogen and oxygen atoms in total. The molecule has 70 valence electrons. The third-order valence-corrected chi connectivity index (χ3v) is 3.17. The summed E-state index contributed by atoms with van der Waals surface area (Å²) in [7, 11) is 0. The number of carbonyl (C=O) groups is 1. The van der Waals surface area contributed by atoms with Gasteiger partial charge in [0.2, 0.25) is 0 Å². The molecule has 2 aliphatic rings. The standard InChI is InChI=1S/C11H14O2/c1-6-7(2)10-4-9(6)5-11(10)13-8(3)12/h9-11H,1-2,4-5H2,3H3/t9-,10-,11-/m0/s1. The summed E-state index contributed by atoms with van der Waals surface area (Å²) >= 11 is 0. The molecule has 2 heteroatoms. The van der Waals surface area contributed by atoms with Crippen LogP contribution in [-0.2, 0) is 9.53 Å². The van der Waals surface area contributed by atoms with Gasteiger partial charge in [-0.15, -0.1) is 0 Å². The molecular formula is C11H14O2. The molecular weight excluding hydrogens is 164 g/mol. The SMILES string of the molecule is C=C1C(=C)[C@@H]2C[C@H]1C[C@@H]2OC(C)=O. The topological polar surface area (TPSA) is 26.3 Å². The van der Waals surface area contributed by atoms with Crippen molar-refractivity contribution in [3.63, 3.8) is 0 Å². The summed E-state index contributed by atoms with van der Waals surface area (Å²) in [5.74, 6) is 0.680. The van der Waals surface area contributed by atoms with Crippen LogP contribution in [0.15, 0.2) is 24.3 Å². The molecule has 2 aliphatic carbocycles. The fraction of sp³-hybridized carbons (Fsp3) is 0.545. The number of hydrogen-bond acceptors (Lipinski definition) is 2. The summed E-state index contributed by atoms with van der Waals surface area (Å²) < 4.78 is 5.22. The van der Waals surface area contributed by atoms with Crippen molar-refractivity contribution < 1.29 is 9.53 Å². The number of rotatable bonds is 1. The number of carbonyl (C=O) groups excluding carboxylic acids is 1. The van der Waals surface area contributed by atoms with E-state index in [2.05, 4.69) is 13.2 Å². The maximum Gasteiger partial charge on any atom is 0.302 e. The zero-order chi connectivity index (χ0) is 9.59. The summed E-state index contributed by atoms with van der Waals surface area (Å²) in [6, 6.07) is 0. The molecule has 13 heavy (non-hydrogen) atoms. The maximum absolute atomic E-state index is 10.8. The van der Waals surface area contributed by atoms with E-state index in [0.29, 0.717) is 11.8 Å². The van der Waals surface area contributed by atoms with Crippen LogP contribution in [0, 0.1) is 11.8 Å². The Morgan fingerprint density at radius 3 is 2.54 bits per heavy atom. The first kappa shape index (κ1) is 8.54. The Labute approximate surface area is 78.3 Å². The molecule has 2 saturated carbocycles. The van der Waals surface area contributed by atoms with E-state index in [1.807, 2.05) is 0 Å². The van der Waals surface area contributed by atoms with E-state index in [4.69, 9.17) is 4.74 Å². The van der Waals surface area contributed by atoms with Crippen molar-refractivity contribution in [2.24, 2.45) is 11.8 Å². The van der Waals surface area contributed by atoms with Crippen LogP contribution in [0.3, 0.4) is 0 Å². The monoisotopic (exact) mass is 178 g/mol. The highest BCUT2D eigenvalue weighted by molar-refractivity contribution is 5.66. The van der Waals surface area contributed by atoms with E-state index < -0.39 is 0 Å². The molecule has 0 amide bonds. The smallest absolute Gasteiger partial charge is 0.302 e. The highest BCUT2D eigenvalue weighted by atomic mass is 16.5. The van der Waals surface area contributed by atoms with Crippen molar-refractivity contribution >= 4 is 5.97 Å². The summed E-state index contributed by atoms with van der Waals surface area (Å²) in [4.78, 5) is 10.8. The number of ether oxygens (including phenoxy) is 1. The summed E-state index contributed by atoms with van der Waals surface area (Å²) in [6.07, 6.45) is 2.10. The Kier molecular flexibility index (Phi) is 1.79. The molecule has 2 bridgehead atoms. The molecule has 0 aromatic heterocycles. The first-order chi connectivity index (χ1) is 6.09. The van der Waals surface area contributed by atoms with E-state index in [-0.39, 0.29) is 12.1 Å². The molecule has 0 N–H and O–H groups in total. The molecule has 3 atom stereocenters. The van der Waals surface area contributed by atoms with Gasteiger partial charge in [0.1, 0.15) is 6.10 Å². The highest BCUT2D eigenvalue weighted by Crippen LogP contribution is 2.51. The third-order valence-electron chi connectivity index (χ3n) is 3.17. The first-order valence-electron chi connectivity index (χ1n) is 4.64. The van der Waals surface area contributed by atoms with Crippen LogP contribution < -0.4 is 0 Å². The number of hydrogen-bond donors (Lipinski definition) is 0. The Hall–Kier alpha value is -1.05. The molecule has 2 rings (SSSR count). The Balaban J connectivity index is 2.10. The van der Waals surface area contributed by atoms with Crippen LogP contribution in [0.25, 0.3) is 0 Å². The van der Waals surface area contributed by atoms with Gasteiger partial charge in [0.05, 0.1) is 0 Å². The fourth-order valence-corrected chi connectivity index (χ4v) is 2.49. The minimum absolute atomic E-state index is 0.0699. The number of esters is 1. The molecule has 0 aliphatic heterocycles. The Morgan fingerprint density at radius 2 is 2.08 bits per heavy atom. The predicted octanol–water partition coefficient (Wildman–Crippen LogP) is 2.07. The van der Waals surface area contributed by atoms with Gasteiger partial charge in [-0.3, -0.25) is 4.79 Å². The van der Waals surface area contributed by atoms with Crippen LogP contribution in [0.4, 0.5) is 0 Å². The lowest BCUT2D eigenvalue weighted by Crippen LogP contribution is -2.24. The summed E-state index contributed by atoms with van der Waals surface area (Å²) in [5, 5.41) is 0. The lowest BCUT2D eigenvalue weighted by Gasteiger charge is -2.24. The molecule has 0 unspecified atom stereocenters. The number of fused-ring (bicyclic) bond motifs is 2. The van der Waals surface area contributed by atoms with Crippen molar-refractivity contribution in [2.45, 2.75) is 25.9 Å². The molecule has 0 spiro atoms. The van der Waals surface area contributed by atoms with Gasteiger partial charge < -0.3 is 4.74 Å². The molecule has 0 aromatic carbocycles. The Morgan fingerprint density at radius 1 is 1.38 bits per heavy atom. The van der Waals surface area contributed by atoms with Crippen LogP contribution in [-0.4, -0.2) is 12.1 Å². The van der Waals surface area contributed by atoms with Gasteiger partial charge in [-0.2, -0.15) is 0 Å². The minimum Gasteiger partial charge on any atom is -0.462 e.